The van der Waals surface area contributed by atoms with Gasteiger partial charge in [-0.2, -0.15) is 26.3 Å². The maximum absolute atomic E-state index is 13.9. The lowest BCUT2D eigenvalue weighted by molar-refractivity contribution is -0.143. The normalized spacial score (nSPS) is 18.4. The lowest BCUT2D eigenvalue weighted by atomic mass is 9.98. The number of ether oxygens (including phenoxy) is 1. The fourth-order valence-electron chi connectivity index (χ4n) is 6.62. The topological polar surface area (TPSA) is 73.4 Å². The number of carbonyl (C=O) groups excluding carboxylic acids is 1. The molecule has 6 rings (SSSR count). The Morgan fingerprint density at radius 2 is 1.53 bits per heavy atom. The maximum Gasteiger partial charge on any atom is 0.416 e. The van der Waals surface area contributed by atoms with E-state index in [0.717, 1.165) is 48.1 Å². The van der Waals surface area contributed by atoms with Crippen LogP contribution in [0.25, 0.3) is 10.9 Å². The van der Waals surface area contributed by atoms with Crippen LogP contribution in [0.5, 0.6) is 0 Å². The van der Waals surface area contributed by atoms with E-state index >= 15 is 0 Å². The first kappa shape index (κ1) is 36.4. The summed E-state index contributed by atoms with van der Waals surface area (Å²) in [5.41, 5.74) is -0.457. The number of aromatic nitrogens is 1. The standard InChI is InChI=1S/C37H39F6N5O3/c38-36(39,40)29-19-27(20-30(22-29)37(41,42)43)35(49)48-13-12-47(24-31(48)21-28-23-44-33-10-5-4-9-32(28)33)25-34(26-7-2-1-3-8-26)45-51-16-6-11-46-14-17-50-18-15-46/h1-5,7-10,19-20,22-23,31,44H,6,11-18,21,24-25H2/t31-/m1/s1. The van der Waals surface area contributed by atoms with Gasteiger partial charge in [0.05, 0.1) is 24.3 Å². The van der Waals surface area contributed by atoms with E-state index in [9.17, 15) is 31.1 Å². The van der Waals surface area contributed by atoms with Crippen LogP contribution in [0.3, 0.4) is 0 Å². The minimum Gasteiger partial charge on any atom is -0.395 e. The number of hydrogen-bond donors (Lipinski definition) is 1. The van der Waals surface area contributed by atoms with Crippen LogP contribution >= 0.6 is 0 Å². The number of nitrogens with zero attached hydrogens (tertiary/aromatic N) is 4. The zero-order valence-corrected chi connectivity index (χ0v) is 27.8. The minimum absolute atomic E-state index is 0.0350. The molecular weight excluding hydrogens is 676 g/mol. The quantitative estimate of drug-likeness (QED) is 0.0809. The van der Waals surface area contributed by atoms with Gasteiger partial charge in [-0.1, -0.05) is 53.7 Å². The van der Waals surface area contributed by atoms with Gasteiger partial charge in [0.1, 0.15) is 12.3 Å². The summed E-state index contributed by atoms with van der Waals surface area (Å²) in [7, 11) is 0. The smallest absolute Gasteiger partial charge is 0.395 e. The van der Waals surface area contributed by atoms with Crippen molar-refractivity contribution < 1.29 is 40.7 Å². The predicted molar refractivity (Wildman–Crippen MR) is 181 cm³/mol. The average molecular weight is 716 g/mol. The van der Waals surface area contributed by atoms with Crippen molar-refractivity contribution >= 4 is 22.5 Å². The van der Waals surface area contributed by atoms with Gasteiger partial charge in [-0.3, -0.25) is 14.6 Å². The van der Waals surface area contributed by atoms with Gasteiger partial charge >= 0.3 is 12.4 Å². The second-order valence-electron chi connectivity index (χ2n) is 12.8. The number of para-hydroxylation sites is 1. The highest BCUT2D eigenvalue weighted by molar-refractivity contribution is 6.01. The molecule has 51 heavy (non-hydrogen) atoms. The van der Waals surface area contributed by atoms with Crippen LogP contribution in [-0.2, 0) is 28.3 Å². The molecule has 272 valence electrons. The number of oxime groups is 1. The molecule has 2 fully saturated rings. The number of carbonyl (C=O) groups is 1. The third-order valence-electron chi connectivity index (χ3n) is 9.26. The van der Waals surface area contributed by atoms with E-state index in [1.165, 1.54) is 4.90 Å². The minimum atomic E-state index is -5.07. The molecule has 14 heteroatoms. The number of benzene rings is 3. The summed E-state index contributed by atoms with van der Waals surface area (Å²) in [5.74, 6) is -0.892. The summed E-state index contributed by atoms with van der Waals surface area (Å²) in [5, 5.41) is 5.43. The third-order valence-corrected chi connectivity index (χ3v) is 9.26. The SMILES string of the molecule is O=C(c1cc(C(F)(F)F)cc(C(F)(F)F)c1)N1CCN(CC(=NOCCCN2CCOCC2)c2ccccc2)C[C@H]1Cc1c[nH]c2ccccc12. The number of aromatic amines is 1. The van der Waals surface area contributed by atoms with E-state index < -0.39 is 41.0 Å². The Labute approximate surface area is 291 Å². The molecule has 1 atom stereocenters. The number of fused-ring (bicyclic) bond motifs is 1. The van der Waals surface area contributed by atoms with E-state index in [0.29, 0.717) is 63.7 Å². The molecule has 1 amide bonds. The average Bonchev–Trinajstić information content (AvgIpc) is 3.53. The largest absolute Gasteiger partial charge is 0.416 e. The molecule has 8 nitrogen and oxygen atoms in total. The molecule has 2 aliphatic heterocycles. The van der Waals surface area contributed by atoms with E-state index in [4.69, 9.17) is 9.57 Å². The van der Waals surface area contributed by atoms with Crippen LogP contribution in [0, 0.1) is 0 Å². The molecule has 0 unspecified atom stereocenters. The maximum atomic E-state index is 13.9. The van der Waals surface area contributed by atoms with Crippen molar-refractivity contribution in [2.45, 2.75) is 31.2 Å². The first-order valence-electron chi connectivity index (χ1n) is 16.9. The fraction of sp³-hybridized carbons (Fsp3) is 0.405. The van der Waals surface area contributed by atoms with Gasteiger partial charge in [0.25, 0.3) is 5.91 Å². The number of piperazine rings is 1. The first-order chi connectivity index (χ1) is 24.5. The summed E-state index contributed by atoms with van der Waals surface area (Å²) in [6.07, 6.45) is -7.23. The van der Waals surface area contributed by atoms with Crippen LogP contribution in [-0.4, -0.2) is 103 Å². The van der Waals surface area contributed by atoms with Crippen LogP contribution in [0.15, 0.2) is 84.1 Å². The van der Waals surface area contributed by atoms with Gasteiger partial charge in [0.2, 0.25) is 0 Å². The number of amides is 1. The lowest BCUT2D eigenvalue weighted by Gasteiger charge is -2.42. The van der Waals surface area contributed by atoms with Gasteiger partial charge in [0.15, 0.2) is 0 Å². The second-order valence-corrected chi connectivity index (χ2v) is 12.8. The molecule has 3 aromatic carbocycles. The Morgan fingerprint density at radius 3 is 2.24 bits per heavy atom. The predicted octanol–water partition coefficient (Wildman–Crippen LogP) is 6.72. The van der Waals surface area contributed by atoms with Crippen molar-refractivity contribution in [2.75, 3.05) is 65.6 Å². The third kappa shape index (κ3) is 9.29. The molecule has 0 spiro atoms. The molecule has 2 saturated heterocycles. The van der Waals surface area contributed by atoms with Crippen LogP contribution in [0.1, 0.15) is 39.0 Å². The van der Waals surface area contributed by atoms with Crippen molar-refractivity contribution in [1.82, 2.24) is 19.7 Å². The lowest BCUT2D eigenvalue weighted by Crippen LogP contribution is -2.56. The molecule has 0 bridgehead atoms. The molecule has 0 radical (unpaired) electrons. The molecular formula is C37H39F6N5O3. The van der Waals surface area contributed by atoms with Gasteiger partial charge in [-0.25, -0.2) is 0 Å². The Balaban J connectivity index is 1.24. The monoisotopic (exact) mass is 715 g/mol. The number of rotatable bonds is 11. The summed E-state index contributed by atoms with van der Waals surface area (Å²) < 4.78 is 87.7. The summed E-state index contributed by atoms with van der Waals surface area (Å²) in [4.78, 5) is 28.7. The first-order valence-corrected chi connectivity index (χ1v) is 16.9. The number of alkyl halides is 6. The van der Waals surface area contributed by atoms with Crippen molar-refractivity contribution in [3.05, 3.63) is 107 Å². The van der Waals surface area contributed by atoms with Gasteiger partial charge < -0.3 is 19.5 Å². The zero-order chi connectivity index (χ0) is 36.0. The number of hydrogen-bond acceptors (Lipinski definition) is 6. The van der Waals surface area contributed by atoms with Gasteiger partial charge in [-0.15, -0.1) is 0 Å². The van der Waals surface area contributed by atoms with E-state index in [1.54, 1.807) is 0 Å². The Hall–Kier alpha value is -4.40. The molecule has 1 aromatic heterocycles. The highest BCUT2D eigenvalue weighted by atomic mass is 19.4. The van der Waals surface area contributed by atoms with Crippen LogP contribution in [0.2, 0.25) is 0 Å². The molecule has 3 heterocycles. The number of morpholine rings is 1. The van der Waals surface area contributed by atoms with Gasteiger partial charge in [-0.05, 0) is 42.7 Å². The number of halogens is 6. The summed E-state index contributed by atoms with van der Waals surface area (Å²) in [6, 6.07) is 17.6. The molecule has 1 N–H and O–H groups in total. The van der Waals surface area contributed by atoms with E-state index in [1.807, 2.05) is 60.8 Å². The number of H-pyrrole nitrogens is 1. The highest BCUT2D eigenvalue weighted by Crippen LogP contribution is 2.37. The fourth-order valence-corrected chi connectivity index (χ4v) is 6.62. The Kier molecular flexibility index (Phi) is 11.3. The van der Waals surface area contributed by atoms with Crippen molar-refractivity contribution in [3.8, 4) is 0 Å². The van der Waals surface area contributed by atoms with Crippen LogP contribution in [0.4, 0.5) is 26.3 Å². The Morgan fingerprint density at radius 1 is 0.843 bits per heavy atom. The highest BCUT2D eigenvalue weighted by Gasteiger charge is 2.39. The molecule has 0 saturated carbocycles. The Bertz CT molecular complexity index is 1770. The van der Waals surface area contributed by atoms with E-state index in [2.05, 4.69) is 19.9 Å². The van der Waals surface area contributed by atoms with Gasteiger partial charge in [0, 0.05) is 80.1 Å². The molecule has 0 aliphatic carbocycles. The van der Waals surface area contributed by atoms with Crippen molar-refractivity contribution in [2.24, 2.45) is 5.16 Å². The van der Waals surface area contributed by atoms with Crippen molar-refractivity contribution in [1.29, 1.82) is 0 Å². The zero-order valence-electron chi connectivity index (χ0n) is 27.8. The second kappa shape index (κ2) is 15.9. The molecule has 2 aliphatic rings. The van der Waals surface area contributed by atoms with Crippen molar-refractivity contribution in [3.63, 3.8) is 0 Å². The summed E-state index contributed by atoms with van der Waals surface area (Å²) in [6.45, 7) is 5.49. The van der Waals surface area contributed by atoms with E-state index in [-0.39, 0.29) is 12.6 Å². The molecule has 4 aromatic rings. The van der Waals surface area contributed by atoms with Crippen LogP contribution < -0.4 is 0 Å². The summed E-state index contributed by atoms with van der Waals surface area (Å²) >= 11 is 0. The number of nitrogens with one attached hydrogen (secondary N) is 1.